The van der Waals surface area contributed by atoms with E-state index in [0.717, 1.165) is 25.2 Å². The lowest BCUT2D eigenvalue weighted by molar-refractivity contribution is 0.479. The first kappa shape index (κ1) is 11.2. The third kappa shape index (κ3) is 2.80. The molecular weight excluding hydrogens is 176 g/mol. The summed E-state index contributed by atoms with van der Waals surface area (Å²) in [4.78, 5) is 0. The van der Waals surface area contributed by atoms with E-state index in [2.05, 4.69) is 35.5 Å². The van der Waals surface area contributed by atoms with Crippen LogP contribution in [0.3, 0.4) is 0 Å². The second-order valence-corrected chi connectivity index (χ2v) is 4.13. The third-order valence-corrected chi connectivity index (χ3v) is 2.14. The highest BCUT2D eigenvalue weighted by Gasteiger charge is 2.12. The van der Waals surface area contributed by atoms with Crippen molar-refractivity contribution in [2.24, 2.45) is 11.7 Å². The topological polar surface area (TPSA) is 56.7 Å². The fourth-order valence-electron chi connectivity index (χ4n) is 1.53. The van der Waals surface area contributed by atoms with Gasteiger partial charge < -0.3 is 10.3 Å². The number of aromatic nitrogens is 3. The average molecular weight is 196 g/mol. The first-order chi connectivity index (χ1) is 6.65. The summed E-state index contributed by atoms with van der Waals surface area (Å²) in [5.41, 5.74) is 6.00. The van der Waals surface area contributed by atoms with Gasteiger partial charge in [0.1, 0.15) is 12.2 Å². The summed E-state index contributed by atoms with van der Waals surface area (Å²) in [5, 5.41) is 7.99. The Balaban J connectivity index is 2.70. The van der Waals surface area contributed by atoms with Gasteiger partial charge in [-0.3, -0.25) is 0 Å². The van der Waals surface area contributed by atoms with Crippen LogP contribution in [-0.2, 0) is 6.54 Å². The average Bonchev–Trinajstić information content (AvgIpc) is 2.51. The van der Waals surface area contributed by atoms with Gasteiger partial charge in [0.2, 0.25) is 0 Å². The Hall–Kier alpha value is -0.900. The van der Waals surface area contributed by atoms with Gasteiger partial charge in [-0.2, -0.15) is 0 Å². The molecular formula is C10H20N4. The maximum absolute atomic E-state index is 6.00. The highest BCUT2D eigenvalue weighted by molar-refractivity contribution is 4.93. The molecule has 4 nitrogen and oxygen atoms in total. The van der Waals surface area contributed by atoms with E-state index >= 15 is 0 Å². The van der Waals surface area contributed by atoms with Gasteiger partial charge in [0.25, 0.3) is 0 Å². The van der Waals surface area contributed by atoms with Crippen LogP contribution >= 0.6 is 0 Å². The fourth-order valence-corrected chi connectivity index (χ4v) is 1.53. The van der Waals surface area contributed by atoms with Crippen LogP contribution < -0.4 is 5.73 Å². The maximum atomic E-state index is 6.00. The normalized spacial score (nSPS) is 13.5. The molecule has 1 aromatic heterocycles. The SMILES string of the molecule is CCCC(N)c1nncn1CC(C)C. The van der Waals surface area contributed by atoms with Crippen molar-refractivity contribution in [1.29, 1.82) is 0 Å². The molecule has 2 N–H and O–H groups in total. The molecule has 0 spiro atoms. The van der Waals surface area contributed by atoms with Crippen LogP contribution in [0, 0.1) is 5.92 Å². The Morgan fingerprint density at radius 1 is 1.50 bits per heavy atom. The molecule has 0 aliphatic heterocycles. The molecule has 0 fully saturated rings. The van der Waals surface area contributed by atoms with E-state index in [4.69, 9.17) is 5.73 Å². The largest absolute Gasteiger partial charge is 0.321 e. The molecule has 0 aliphatic carbocycles. The van der Waals surface area contributed by atoms with Crippen LogP contribution in [0.5, 0.6) is 0 Å². The van der Waals surface area contributed by atoms with Crippen LogP contribution in [0.25, 0.3) is 0 Å². The van der Waals surface area contributed by atoms with E-state index in [1.165, 1.54) is 0 Å². The fraction of sp³-hybridized carbons (Fsp3) is 0.800. The van der Waals surface area contributed by atoms with Crippen LogP contribution in [0.1, 0.15) is 45.5 Å². The van der Waals surface area contributed by atoms with Crippen molar-refractivity contribution in [3.05, 3.63) is 12.2 Å². The number of nitrogens with two attached hydrogens (primary N) is 1. The van der Waals surface area contributed by atoms with E-state index in [0.29, 0.717) is 5.92 Å². The molecule has 1 atom stereocenters. The Labute approximate surface area is 85.5 Å². The predicted octanol–water partition coefficient (Wildman–Crippen LogP) is 1.73. The quantitative estimate of drug-likeness (QED) is 0.780. The van der Waals surface area contributed by atoms with E-state index in [-0.39, 0.29) is 6.04 Å². The minimum atomic E-state index is 0.0289. The molecule has 1 unspecified atom stereocenters. The lowest BCUT2D eigenvalue weighted by atomic mass is 10.1. The predicted molar refractivity (Wildman–Crippen MR) is 56.7 cm³/mol. The van der Waals surface area contributed by atoms with Gasteiger partial charge in [0.05, 0.1) is 6.04 Å². The van der Waals surface area contributed by atoms with Crippen LogP contribution in [-0.4, -0.2) is 14.8 Å². The molecule has 0 saturated carbocycles. The first-order valence-corrected chi connectivity index (χ1v) is 5.28. The van der Waals surface area contributed by atoms with Gasteiger partial charge in [-0.05, 0) is 12.3 Å². The zero-order valence-electron chi connectivity index (χ0n) is 9.27. The second kappa shape index (κ2) is 5.10. The third-order valence-electron chi connectivity index (χ3n) is 2.14. The maximum Gasteiger partial charge on any atom is 0.149 e. The summed E-state index contributed by atoms with van der Waals surface area (Å²) in [6.45, 7) is 7.42. The molecule has 4 heteroatoms. The van der Waals surface area contributed by atoms with E-state index < -0.39 is 0 Å². The zero-order valence-corrected chi connectivity index (χ0v) is 9.27. The lowest BCUT2D eigenvalue weighted by Crippen LogP contribution is -2.17. The molecule has 80 valence electrons. The molecule has 0 amide bonds. The smallest absolute Gasteiger partial charge is 0.149 e. The molecule has 1 heterocycles. The summed E-state index contributed by atoms with van der Waals surface area (Å²) < 4.78 is 2.06. The van der Waals surface area contributed by atoms with Crippen molar-refractivity contribution in [1.82, 2.24) is 14.8 Å². The van der Waals surface area contributed by atoms with E-state index in [1.807, 2.05) is 0 Å². The highest BCUT2D eigenvalue weighted by Crippen LogP contribution is 2.13. The molecule has 0 bridgehead atoms. The van der Waals surface area contributed by atoms with Crippen molar-refractivity contribution < 1.29 is 0 Å². The van der Waals surface area contributed by atoms with E-state index in [1.54, 1.807) is 6.33 Å². The van der Waals surface area contributed by atoms with Gasteiger partial charge in [-0.15, -0.1) is 10.2 Å². The van der Waals surface area contributed by atoms with Crippen LogP contribution in [0.15, 0.2) is 6.33 Å². The number of rotatable bonds is 5. The van der Waals surface area contributed by atoms with Gasteiger partial charge in [-0.1, -0.05) is 27.2 Å². The number of hydrogen-bond donors (Lipinski definition) is 1. The van der Waals surface area contributed by atoms with Crippen LogP contribution in [0.2, 0.25) is 0 Å². The summed E-state index contributed by atoms with van der Waals surface area (Å²) in [6.07, 6.45) is 3.82. The summed E-state index contributed by atoms with van der Waals surface area (Å²) in [7, 11) is 0. The Morgan fingerprint density at radius 3 is 2.79 bits per heavy atom. The first-order valence-electron chi connectivity index (χ1n) is 5.28. The van der Waals surface area contributed by atoms with Gasteiger partial charge in [0.15, 0.2) is 0 Å². The minimum Gasteiger partial charge on any atom is -0.321 e. The molecule has 0 aromatic carbocycles. The summed E-state index contributed by atoms with van der Waals surface area (Å²) in [6, 6.07) is 0.0289. The zero-order chi connectivity index (χ0) is 10.6. The molecule has 0 aliphatic rings. The standard InChI is InChI=1S/C10H20N4/c1-4-5-9(11)10-13-12-7-14(10)6-8(2)3/h7-9H,4-6,11H2,1-3H3. The second-order valence-electron chi connectivity index (χ2n) is 4.13. The molecule has 14 heavy (non-hydrogen) atoms. The number of nitrogens with zero attached hydrogens (tertiary/aromatic N) is 3. The summed E-state index contributed by atoms with van der Waals surface area (Å²) >= 11 is 0. The summed E-state index contributed by atoms with van der Waals surface area (Å²) in [5.74, 6) is 1.51. The van der Waals surface area contributed by atoms with Gasteiger partial charge in [0, 0.05) is 6.54 Å². The molecule has 1 rings (SSSR count). The van der Waals surface area contributed by atoms with Gasteiger partial charge in [-0.25, -0.2) is 0 Å². The minimum absolute atomic E-state index is 0.0289. The van der Waals surface area contributed by atoms with E-state index in [9.17, 15) is 0 Å². The Kier molecular flexibility index (Phi) is 4.07. The van der Waals surface area contributed by atoms with Crippen molar-refractivity contribution in [2.45, 2.75) is 46.2 Å². The number of hydrogen-bond acceptors (Lipinski definition) is 3. The van der Waals surface area contributed by atoms with Crippen molar-refractivity contribution in [3.63, 3.8) is 0 Å². The molecule has 0 radical (unpaired) electrons. The molecule has 1 aromatic rings. The monoisotopic (exact) mass is 196 g/mol. The van der Waals surface area contributed by atoms with Crippen molar-refractivity contribution in [2.75, 3.05) is 0 Å². The van der Waals surface area contributed by atoms with Crippen molar-refractivity contribution >= 4 is 0 Å². The Morgan fingerprint density at radius 2 is 2.21 bits per heavy atom. The van der Waals surface area contributed by atoms with Gasteiger partial charge >= 0.3 is 0 Å². The molecule has 0 saturated heterocycles. The van der Waals surface area contributed by atoms with Crippen LogP contribution in [0.4, 0.5) is 0 Å². The van der Waals surface area contributed by atoms with Crippen molar-refractivity contribution in [3.8, 4) is 0 Å². The highest BCUT2D eigenvalue weighted by atomic mass is 15.3. The lowest BCUT2D eigenvalue weighted by Gasteiger charge is -2.13. The Bertz CT molecular complexity index is 267.